The number of nitrogens with zero attached hydrogens (tertiary/aromatic N) is 4. The fraction of sp³-hybridized carbons (Fsp3) is 0.278. The first-order valence-electron chi connectivity index (χ1n) is 8.34. The topological polar surface area (TPSA) is 64.7 Å². The molecule has 0 aliphatic heterocycles. The Morgan fingerprint density at radius 1 is 1.32 bits per heavy atom. The maximum atomic E-state index is 12.8. The largest absolute Gasteiger partial charge is 0.435 e. The molecule has 0 saturated heterocycles. The minimum atomic E-state index is -4.56. The molecule has 1 aromatic carbocycles. The van der Waals surface area contributed by atoms with E-state index in [1.165, 1.54) is 20.0 Å². The molecule has 0 fully saturated rings. The van der Waals surface area contributed by atoms with Gasteiger partial charge in [-0.15, -0.1) is 0 Å². The third-order valence-electron chi connectivity index (χ3n) is 4.09. The van der Waals surface area contributed by atoms with Gasteiger partial charge in [-0.3, -0.25) is 14.2 Å². The van der Waals surface area contributed by atoms with Gasteiger partial charge in [-0.05, 0) is 37.6 Å². The van der Waals surface area contributed by atoms with Crippen LogP contribution in [-0.4, -0.2) is 25.5 Å². The van der Waals surface area contributed by atoms with E-state index in [9.17, 15) is 18.0 Å². The second kappa shape index (κ2) is 7.67. The van der Waals surface area contributed by atoms with Crippen molar-refractivity contribution in [1.29, 1.82) is 0 Å². The van der Waals surface area contributed by atoms with Crippen LogP contribution in [0.5, 0.6) is 0 Å². The van der Waals surface area contributed by atoms with Gasteiger partial charge < -0.3 is 5.32 Å². The summed E-state index contributed by atoms with van der Waals surface area (Å²) in [4.78, 5) is 12.4. The maximum absolute atomic E-state index is 12.8. The number of carbonyl (C=O) groups is 1. The number of aryl methyl sites for hydroxylation is 1. The lowest BCUT2D eigenvalue weighted by atomic mass is 10.2. The Hall–Kier alpha value is -2.81. The van der Waals surface area contributed by atoms with Gasteiger partial charge in [0, 0.05) is 16.9 Å². The minimum absolute atomic E-state index is 0.242. The summed E-state index contributed by atoms with van der Waals surface area (Å²) in [6.07, 6.45) is -1.47. The number of halogens is 4. The van der Waals surface area contributed by atoms with Gasteiger partial charge in [0.05, 0.1) is 18.4 Å². The first-order valence-corrected chi connectivity index (χ1v) is 8.72. The van der Waals surface area contributed by atoms with E-state index in [1.807, 2.05) is 18.2 Å². The van der Waals surface area contributed by atoms with Gasteiger partial charge in [0.15, 0.2) is 5.69 Å². The lowest BCUT2D eigenvalue weighted by Crippen LogP contribution is -2.25. The third-order valence-corrected chi connectivity index (χ3v) is 4.33. The summed E-state index contributed by atoms with van der Waals surface area (Å²) in [6, 6.07) is 7.28. The van der Waals surface area contributed by atoms with Crippen molar-refractivity contribution in [3.05, 3.63) is 64.7 Å². The molecule has 0 aliphatic carbocycles. The van der Waals surface area contributed by atoms with Crippen LogP contribution in [0.1, 0.15) is 29.9 Å². The summed E-state index contributed by atoms with van der Waals surface area (Å²) >= 11 is 5.96. The molecule has 3 aromatic rings. The molecule has 0 saturated carbocycles. The Labute approximate surface area is 163 Å². The van der Waals surface area contributed by atoms with Crippen LogP contribution in [0.15, 0.2) is 42.7 Å². The van der Waals surface area contributed by atoms with Crippen LogP contribution in [0.2, 0.25) is 5.02 Å². The van der Waals surface area contributed by atoms with Crippen molar-refractivity contribution in [3.8, 4) is 0 Å². The maximum Gasteiger partial charge on any atom is 0.435 e. The zero-order chi connectivity index (χ0) is 20.5. The molecule has 6 nitrogen and oxygen atoms in total. The second-order valence-corrected chi connectivity index (χ2v) is 6.77. The SMILES string of the molecule is Cc1cc(C(F)(F)F)nn1C(C)C(=O)Nc1cnn(Cc2cccc(Cl)c2)c1. The van der Waals surface area contributed by atoms with Crippen LogP contribution in [0.25, 0.3) is 0 Å². The molecule has 0 bridgehead atoms. The van der Waals surface area contributed by atoms with Crippen LogP contribution in [0, 0.1) is 6.92 Å². The van der Waals surface area contributed by atoms with Crippen molar-refractivity contribution in [3.63, 3.8) is 0 Å². The molecule has 0 aliphatic rings. The van der Waals surface area contributed by atoms with Crippen LogP contribution < -0.4 is 5.32 Å². The highest BCUT2D eigenvalue weighted by Crippen LogP contribution is 2.29. The molecule has 2 aromatic heterocycles. The minimum Gasteiger partial charge on any atom is -0.322 e. The Morgan fingerprint density at radius 3 is 2.71 bits per heavy atom. The van der Waals surface area contributed by atoms with E-state index in [4.69, 9.17) is 11.6 Å². The van der Waals surface area contributed by atoms with E-state index in [0.29, 0.717) is 17.3 Å². The molecular weight excluding hydrogens is 395 g/mol. The van der Waals surface area contributed by atoms with E-state index in [0.717, 1.165) is 16.3 Å². The van der Waals surface area contributed by atoms with Crippen LogP contribution in [-0.2, 0) is 17.5 Å². The number of carbonyl (C=O) groups excluding carboxylic acids is 1. The average molecular weight is 412 g/mol. The first-order chi connectivity index (χ1) is 13.1. The quantitative estimate of drug-likeness (QED) is 0.680. The highest BCUT2D eigenvalue weighted by molar-refractivity contribution is 6.30. The van der Waals surface area contributed by atoms with Crippen LogP contribution in [0.3, 0.4) is 0 Å². The molecule has 10 heteroatoms. The zero-order valence-electron chi connectivity index (χ0n) is 15.0. The van der Waals surface area contributed by atoms with Gasteiger partial charge in [0.1, 0.15) is 6.04 Å². The molecule has 1 unspecified atom stereocenters. The van der Waals surface area contributed by atoms with E-state index < -0.39 is 23.8 Å². The monoisotopic (exact) mass is 411 g/mol. The van der Waals surface area contributed by atoms with Crippen molar-refractivity contribution < 1.29 is 18.0 Å². The predicted octanol–water partition coefficient (Wildman–Crippen LogP) is 4.31. The number of hydrogen-bond donors (Lipinski definition) is 1. The van der Waals surface area contributed by atoms with Crippen molar-refractivity contribution in [1.82, 2.24) is 19.6 Å². The second-order valence-electron chi connectivity index (χ2n) is 6.34. The highest BCUT2D eigenvalue weighted by atomic mass is 35.5. The van der Waals surface area contributed by atoms with Gasteiger partial charge in [0.25, 0.3) is 0 Å². The smallest absolute Gasteiger partial charge is 0.322 e. The average Bonchev–Trinajstić information content (AvgIpc) is 3.20. The number of alkyl halides is 3. The van der Waals surface area contributed by atoms with Crippen molar-refractivity contribution in [2.75, 3.05) is 5.32 Å². The summed E-state index contributed by atoms with van der Waals surface area (Å²) < 4.78 is 41.1. The van der Waals surface area contributed by atoms with Gasteiger partial charge >= 0.3 is 6.18 Å². The molecule has 148 valence electrons. The standard InChI is InChI=1S/C18H17ClF3N5O/c1-11-6-16(18(20,21)22)25-27(11)12(2)17(28)24-15-8-23-26(10-15)9-13-4-3-5-14(19)7-13/h3-8,10,12H,9H2,1-2H3,(H,24,28). The summed E-state index contributed by atoms with van der Waals surface area (Å²) in [5, 5.41) is 10.9. The molecule has 28 heavy (non-hydrogen) atoms. The van der Waals surface area contributed by atoms with Crippen molar-refractivity contribution >= 4 is 23.2 Å². The van der Waals surface area contributed by atoms with Crippen LogP contribution >= 0.6 is 11.6 Å². The fourth-order valence-corrected chi connectivity index (χ4v) is 2.93. The first kappa shape index (κ1) is 19.9. The molecule has 1 atom stereocenters. The number of benzene rings is 1. The van der Waals surface area contributed by atoms with Gasteiger partial charge in [-0.2, -0.15) is 23.4 Å². The lowest BCUT2D eigenvalue weighted by Gasteiger charge is -2.13. The van der Waals surface area contributed by atoms with Crippen molar-refractivity contribution in [2.24, 2.45) is 0 Å². The normalized spacial score (nSPS) is 12.8. The Bertz CT molecular complexity index is 995. The third kappa shape index (κ3) is 4.53. The Morgan fingerprint density at radius 2 is 2.07 bits per heavy atom. The zero-order valence-corrected chi connectivity index (χ0v) is 15.8. The molecule has 0 radical (unpaired) electrons. The van der Waals surface area contributed by atoms with E-state index in [1.54, 1.807) is 16.9 Å². The number of nitrogens with one attached hydrogen (secondary N) is 1. The molecular formula is C18H17ClF3N5O. The number of anilines is 1. The number of rotatable bonds is 5. The van der Waals surface area contributed by atoms with E-state index in [2.05, 4.69) is 15.5 Å². The fourth-order valence-electron chi connectivity index (χ4n) is 2.71. The summed E-state index contributed by atoms with van der Waals surface area (Å²) in [7, 11) is 0. The number of hydrogen-bond acceptors (Lipinski definition) is 3. The molecule has 1 N–H and O–H groups in total. The van der Waals surface area contributed by atoms with Crippen molar-refractivity contribution in [2.45, 2.75) is 32.6 Å². The lowest BCUT2D eigenvalue weighted by molar-refractivity contribution is -0.141. The summed E-state index contributed by atoms with van der Waals surface area (Å²) in [6.45, 7) is 3.40. The molecule has 2 heterocycles. The molecule has 3 rings (SSSR count). The number of amides is 1. The van der Waals surface area contributed by atoms with Gasteiger partial charge in [0.2, 0.25) is 5.91 Å². The Kier molecular flexibility index (Phi) is 5.46. The van der Waals surface area contributed by atoms with E-state index in [-0.39, 0.29) is 5.69 Å². The number of aromatic nitrogens is 4. The predicted molar refractivity (Wildman–Crippen MR) is 98.1 cm³/mol. The molecule has 0 spiro atoms. The van der Waals surface area contributed by atoms with Gasteiger partial charge in [-0.1, -0.05) is 23.7 Å². The highest BCUT2D eigenvalue weighted by Gasteiger charge is 2.35. The summed E-state index contributed by atoms with van der Waals surface area (Å²) in [5.41, 5.74) is 0.582. The van der Waals surface area contributed by atoms with Crippen LogP contribution in [0.4, 0.5) is 18.9 Å². The summed E-state index contributed by atoms with van der Waals surface area (Å²) in [5.74, 6) is -0.498. The molecule has 1 amide bonds. The Balaban J connectivity index is 1.68. The van der Waals surface area contributed by atoms with Gasteiger partial charge in [-0.25, -0.2) is 0 Å². The van der Waals surface area contributed by atoms with E-state index >= 15 is 0 Å².